The highest BCUT2D eigenvalue weighted by Crippen LogP contribution is 2.42. The molecule has 1 aromatic heterocycles. The molecule has 0 saturated heterocycles. The molecule has 6 heteroatoms. The van der Waals surface area contributed by atoms with E-state index in [0.29, 0.717) is 45.3 Å². The molecule has 136 valence electrons. The van der Waals surface area contributed by atoms with E-state index in [4.69, 9.17) is 16.3 Å². The molecule has 0 bridgehead atoms. The molecular weight excluding hydrogens is 354 g/mol. The first kappa shape index (κ1) is 18.4. The van der Waals surface area contributed by atoms with Crippen LogP contribution in [-0.4, -0.2) is 28.9 Å². The summed E-state index contributed by atoms with van der Waals surface area (Å²) < 4.78 is 5.67. The molecule has 0 aliphatic heterocycles. The van der Waals surface area contributed by atoms with Gasteiger partial charge in [0.1, 0.15) is 5.75 Å². The van der Waals surface area contributed by atoms with Gasteiger partial charge in [0.2, 0.25) is 5.78 Å². The maximum Gasteiger partial charge on any atom is 0.216 e. The summed E-state index contributed by atoms with van der Waals surface area (Å²) in [7, 11) is 0. The molecule has 0 spiro atoms. The zero-order valence-electron chi connectivity index (χ0n) is 15.2. The first-order valence-electron chi connectivity index (χ1n) is 8.44. The quantitative estimate of drug-likeness (QED) is 0.786. The van der Waals surface area contributed by atoms with E-state index in [-0.39, 0.29) is 29.9 Å². The summed E-state index contributed by atoms with van der Waals surface area (Å²) >= 11 is 6.22. The van der Waals surface area contributed by atoms with E-state index >= 15 is 0 Å². The Kier molecular flexibility index (Phi) is 4.76. The first-order chi connectivity index (χ1) is 12.2. The second-order valence-corrected chi connectivity index (χ2v) is 7.16. The second kappa shape index (κ2) is 6.72. The molecule has 2 aromatic rings. The van der Waals surface area contributed by atoms with Crippen LogP contribution in [0, 0.1) is 13.8 Å². The third kappa shape index (κ3) is 2.97. The molecule has 1 atom stereocenters. The Labute approximate surface area is 156 Å². The average molecular weight is 374 g/mol. The summed E-state index contributed by atoms with van der Waals surface area (Å²) in [5.41, 5.74) is 3.43. The van der Waals surface area contributed by atoms with Gasteiger partial charge >= 0.3 is 0 Å². The number of benzene rings is 1. The van der Waals surface area contributed by atoms with Gasteiger partial charge in [-0.3, -0.25) is 14.4 Å². The van der Waals surface area contributed by atoms with Crippen LogP contribution in [0.3, 0.4) is 0 Å². The molecule has 0 fully saturated rings. The van der Waals surface area contributed by atoms with Crippen LogP contribution in [0.25, 0.3) is 0 Å². The lowest BCUT2D eigenvalue weighted by atomic mass is 10.0. The van der Waals surface area contributed by atoms with Crippen LogP contribution in [0.1, 0.15) is 74.2 Å². The summed E-state index contributed by atoms with van der Waals surface area (Å²) in [5.74, 6) is 0.0188. The van der Waals surface area contributed by atoms with Crippen LogP contribution in [0.4, 0.5) is 0 Å². The van der Waals surface area contributed by atoms with E-state index < -0.39 is 0 Å². The van der Waals surface area contributed by atoms with Crippen LogP contribution in [0.5, 0.6) is 5.75 Å². The predicted molar refractivity (Wildman–Crippen MR) is 98.9 cm³/mol. The Bertz CT molecular complexity index is 942. The molecular formula is C20H20ClNO4. The lowest BCUT2D eigenvalue weighted by Gasteiger charge is -2.12. The maximum absolute atomic E-state index is 12.6. The topological polar surface area (TPSA) is 76.2 Å². The van der Waals surface area contributed by atoms with Gasteiger partial charge in [0.25, 0.3) is 0 Å². The van der Waals surface area contributed by atoms with Gasteiger partial charge in [-0.25, -0.2) is 0 Å². The summed E-state index contributed by atoms with van der Waals surface area (Å²) in [5, 5.41) is 0.541. The van der Waals surface area contributed by atoms with Crippen molar-refractivity contribution in [2.75, 3.05) is 6.61 Å². The number of nitrogens with one attached hydrogen (secondary N) is 1. The second-order valence-electron chi connectivity index (χ2n) is 6.76. The van der Waals surface area contributed by atoms with Crippen molar-refractivity contribution in [3.05, 3.63) is 50.8 Å². The summed E-state index contributed by atoms with van der Waals surface area (Å²) in [6.07, 6.45) is 0.389. The van der Waals surface area contributed by atoms with E-state index in [1.165, 1.54) is 6.92 Å². The first-order valence-corrected chi connectivity index (χ1v) is 8.81. The number of carbonyl (C=O) groups is 3. The van der Waals surface area contributed by atoms with E-state index in [9.17, 15) is 14.4 Å². The van der Waals surface area contributed by atoms with E-state index in [2.05, 4.69) is 4.98 Å². The van der Waals surface area contributed by atoms with Crippen molar-refractivity contribution in [1.29, 1.82) is 0 Å². The van der Waals surface area contributed by atoms with Crippen molar-refractivity contribution < 1.29 is 19.1 Å². The van der Waals surface area contributed by atoms with Crippen molar-refractivity contribution >= 4 is 29.0 Å². The molecule has 0 radical (unpaired) electrons. The molecule has 1 aliphatic rings. The minimum Gasteiger partial charge on any atom is -0.485 e. The summed E-state index contributed by atoms with van der Waals surface area (Å²) in [4.78, 5) is 39.5. The van der Waals surface area contributed by atoms with Gasteiger partial charge in [0.05, 0.1) is 11.3 Å². The van der Waals surface area contributed by atoms with Gasteiger partial charge in [0, 0.05) is 22.7 Å². The number of halogens is 1. The largest absolute Gasteiger partial charge is 0.485 e. The van der Waals surface area contributed by atoms with Crippen LogP contribution >= 0.6 is 11.6 Å². The monoisotopic (exact) mass is 373 g/mol. The zero-order chi connectivity index (χ0) is 19.2. The fourth-order valence-electron chi connectivity index (χ4n) is 3.72. The number of Topliss-reactive ketones (excluding diaryl/α,β-unsaturated/α-hetero) is 3. The number of rotatable bonds is 5. The molecule has 3 rings (SSSR count). The molecule has 1 heterocycles. The average Bonchev–Trinajstić information content (AvgIpc) is 3.03. The minimum atomic E-state index is -0.278. The lowest BCUT2D eigenvalue weighted by Crippen LogP contribution is -2.14. The highest BCUT2D eigenvalue weighted by Gasteiger charge is 2.32. The fraction of sp³-hybridized carbons (Fsp3) is 0.350. The standard InChI is InChI=1S/C20H20ClNO4/c1-9-7-14(24)19-16(6-5-13(21)17(9)19)26-8-15(25)20-10(2)18(12(4)23)11(3)22-20/h5-6,9,22H,7-8H2,1-4H3. The number of aromatic amines is 1. The number of H-pyrrole nitrogens is 1. The maximum atomic E-state index is 12.6. The van der Waals surface area contributed by atoms with Crippen LogP contribution in [0.2, 0.25) is 5.02 Å². The third-order valence-electron chi connectivity index (χ3n) is 4.84. The number of aryl methyl sites for hydroxylation is 1. The van der Waals surface area contributed by atoms with Crippen molar-refractivity contribution in [2.45, 2.75) is 40.0 Å². The van der Waals surface area contributed by atoms with Crippen molar-refractivity contribution in [3.63, 3.8) is 0 Å². The molecule has 0 saturated carbocycles. The molecule has 0 amide bonds. The van der Waals surface area contributed by atoms with E-state index in [1.54, 1.807) is 26.0 Å². The SMILES string of the molecule is CC(=O)c1c(C)[nH]c(C(=O)COc2ccc(Cl)c3c2C(=O)CC3C)c1C. The fourth-order valence-corrected chi connectivity index (χ4v) is 4.06. The Morgan fingerprint density at radius 2 is 2.00 bits per heavy atom. The highest BCUT2D eigenvalue weighted by molar-refractivity contribution is 6.32. The Balaban J connectivity index is 1.85. The number of fused-ring (bicyclic) bond motifs is 1. The summed E-state index contributed by atoms with van der Waals surface area (Å²) in [6.45, 7) is 6.68. The van der Waals surface area contributed by atoms with Crippen LogP contribution < -0.4 is 4.74 Å². The zero-order valence-corrected chi connectivity index (χ0v) is 15.9. The molecule has 1 aromatic carbocycles. The van der Waals surface area contributed by atoms with E-state index in [0.717, 1.165) is 5.56 Å². The van der Waals surface area contributed by atoms with E-state index in [1.807, 2.05) is 6.92 Å². The molecule has 1 unspecified atom stereocenters. The number of ether oxygens (including phenoxy) is 1. The third-order valence-corrected chi connectivity index (χ3v) is 5.17. The van der Waals surface area contributed by atoms with Gasteiger partial charge in [-0.15, -0.1) is 0 Å². The van der Waals surface area contributed by atoms with Crippen molar-refractivity contribution in [3.8, 4) is 5.75 Å². The number of carbonyl (C=O) groups excluding carboxylic acids is 3. The highest BCUT2D eigenvalue weighted by atomic mass is 35.5. The molecule has 1 aliphatic carbocycles. The Morgan fingerprint density at radius 1 is 1.31 bits per heavy atom. The normalized spacial score (nSPS) is 15.9. The number of hydrogen-bond donors (Lipinski definition) is 1. The van der Waals surface area contributed by atoms with Gasteiger partial charge < -0.3 is 9.72 Å². The van der Waals surface area contributed by atoms with Gasteiger partial charge in [-0.1, -0.05) is 18.5 Å². The predicted octanol–water partition coefficient (Wildman–Crippen LogP) is 4.44. The lowest BCUT2D eigenvalue weighted by molar-refractivity contribution is 0.0907. The Hall–Kier alpha value is -2.40. The smallest absolute Gasteiger partial charge is 0.216 e. The Morgan fingerprint density at radius 3 is 2.62 bits per heavy atom. The molecule has 1 N–H and O–H groups in total. The van der Waals surface area contributed by atoms with Gasteiger partial charge in [0.15, 0.2) is 18.2 Å². The van der Waals surface area contributed by atoms with Crippen molar-refractivity contribution in [2.24, 2.45) is 0 Å². The number of aromatic nitrogens is 1. The van der Waals surface area contributed by atoms with Gasteiger partial charge in [-0.05, 0) is 49.9 Å². The number of ketones is 3. The minimum absolute atomic E-state index is 0.0248. The van der Waals surface area contributed by atoms with Crippen LogP contribution in [0.15, 0.2) is 12.1 Å². The van der Waals surface area contributed by atoms with Crippen LogP contribution in [-0.2, 0) is 0 Å². The number of hydrogen-bond acceptors (Lipinski definition) is 4. The van der Waals surface area contributed by atoms with Crippen molar-refractivity contribution in [1.82, 2.24) is 4.98 Å². The summed E-state index contributed by atoms with van der Waals surface area (Å²) in [6, 6.07) is 3.31. The molecule has 26 heavy (non-hydrogen) atoms. The van der Waals surface area contributed by atoms with Gasteiger partial charge in [-0.2, -0.15) is 0 Å². The molecule has 5 nitrogen and oxygen atoms in total.